The molecule has 0 aliphatic heterocycles. The average Bonchev–Trinajstić information content (AvgIpc) is 2.51. The summed E-state index contributed by atoms with van der Waals surface area (Å²) in [5, 5.41) is 6.04. The molecule has 23 heavy (non-hydrogen) atoms. The molecule has 1 aromatic carbocycles. The van der Waals surface area contributed by atoms with Gasteiger partial charge in [0.2, 0.25) is 0 Å². The summed E-state index contributed by atoms with van der Waals surface area (Å²) < 4.78 is 5.11. The maximum Gasteiger partial charge on any atom is 0.270 e. The first-order valence-corrected chi connectivity index (χ1v) is 7.51. The number of rotatable bonds is 6. The lowest BCUT2D eigenvalue weighted by Crippen LogP contribution is -2.24. The topological polar surface area (TPSA) is 76.1 Å². The molecule has 1 heterocycles. The van der Waals surface area contributed by atoms with Gasteiger partial charge in [0.25, 0.3) is 5.91 Å². The summed E-state index contributed by atoms with van der Waals surface area (Å²) in [6.45, 7) is 6.23. The number of hydrogen-bond donors (Lipinski definition) is 2. The Balaban J connectivity index is 2.03. The van der Waals surface area contributed by atoms with Gasteiger partial charge in [-0.1, -0.05) is 12.1 Å². The molecular weight excluding hydrogens is 292 g/mol. The van der Waals surface area contributed by atoms with Gasteiger partial charge >= 0.3 is 0 Å². The van der Waals surface area contributed by atoms with Crippen LogP contribution >= 0.6 is 0 Å². The van der Waals surface area contributed by atoms with E-state index in [0.29, 0.717) is 23.9 Å². The van der Waals surface area contributed by atoms with Crippen LogP contribution < -0.4 is 15.4 Å². The molecular formula is C17H22N4O2. The summed E-state index contributed by atoms with van der Waals surface area (Å²) in [6, 6.07) is 9.45. The molecule has 0 radical (unpaired) electrons. The molecule has 0 fully saturated rings. The Bertz CT molecular complexity index is 669. The van der Waals surface area contributed by atoms with E-state index in [1.165, 1.54) is 0 Å². The van der Waals surface area contributed by atoms with Crippen LogP contribution in [0.15, 0.2) is 30.3 Å². The first-order chi connectivity index (χ1) is 11.0. The van der Waals surface area contributed by atoms with Gasteiger partial charge in [0.05, 0.1) is 7.11 Å². The van der Waals surface area contributed by atoms with Crippen molar-refractivity contribution in [1.29, 1.82) is 0 Å². The lowest BCUT2D eigenvalue weighted by Gasteiger charge is -2.11. The number of methoxy groups -OCH3 is 1. The summed E-state index contributed by atoms with van der Waals surface area (Å²) in [7, 11) is 1.62. The number of nitrogens with one attached hydrogen (secondary N) is 2. The maximum absolute atomic E-state index is 12.3. The second-order valence-electron chi connectivity index (χ2n) is 5.52. The number of aryl methyl sites for hydroxylation is 1. The lowest BCUT2D eigenvalue weighted by atomic mass is 10.2. The predicted molar refractivity (Wildman–Crippen MR) is 89.7 cm³/mol. The van der Waals surface area contributed by atoms with Crippen molar-refractivity contribution in [2.45, 2.75) is 33.4 Å². The Morgan fingerprint density at radius 2 is 1.91 bits per heavy atom. The molecule has 122 valence electrons. The summed E-state index contributed by atoms with van der Waals surface area (Å²) >= 11 is 0. The van der Waals surface area contributed by atoms with Crippen LogP contribution in [0.1, 0.15) is 35.7 Å². The third-order valence-electron chi connectivity index (χ3n) is 3.12. The van der Waals surface area contributed by atoms with Gasteiger partial charge in [-0.3, -0.25) is 4.79 Å². The third-order valence-corrected chi connectivity index (χ3v) is 3.12. The highest BCUT2D eigenvalue weighted by Crippen LogP contribution is 2.12. The van der Waals surface area contributed by atoms with Crippen LogP contribution in [0.5, 0.6) is 5.75 Å². The number of amides is 1. The first-order valence-electron chi connectivity index (χ1n) is 7.51. The van der Waals surface area contributed by atoms with Gasteiger partial charge in [0.15, 0.2) is 0 Å². The van der Waals surface area contributed by atoms with Crippen molar-refractivity contribution in [3.8, 4) is 5.75 Å². The molecule has 0 spiro atoms. The first kappa shape index (κ1) is 16.7. The van der Waals surface area contributed by atoms with E-state index in [2.05, 4.69) is 20.6 Å². The molecule has 0 atom stereocenters. The molecule has 0 unspecified atom stereocenters. The standard InChI is InChI=1S/C17H22N4O2/c1-11(2)19-16-9-15(20-12(3)21-16)17(22)18-10-13-5-7-14(23-4)8-6-13/h5-9,11H,10H2,1-4H3,(H,18,22)(H,19,20,21). The van der Waals surface area contributed by atoms with Gasteiger partial charge in [-0.25, -0.2) is 9.97 Å². The van der Waals surface area contributed by atoms with E-state index in [1.54, 1.807) is 20.1 Å². The number of carbonyl (C=O) groups is 1. The molecule has 2 N–H and O–H groups in total. The highest BCUT2D eigenvalue weighted by atomic mass is 16.5. The van der Waals surface area contributed by atoms with Gasteiger partial charge in [-0.15, -0.1) is 0 Å². The SMILES string of the molecule is COc1ccc(CNC(=O)c2cc(NC(C)C)nc(C)n2)cc1. The fourth-order valence-corrected chi connectivity index (χ4v) is 2.07. The summed E-state index contributed by atoms with van der Waals surface area (Å²) in [4.78, 5) is 20.8. The van der Waals surface area contributed by atoms with E-state index < -0.39 is 0 Å². The van der Waals surface area contributed by atoms with Gasteiger partial charge in [0.1, 0.15) is 23.1 Å². The lowest BCUT2D eigenvalue weighted by molar-refractivity contribution is 0.0945. The minimum absolute atomic E-state index is 0.224. The normalized spacial score (nSPS) is 10.5. The number of ether oxygens (including phenoxy) is 1. The van der Waals surface area contributed by atoms with Crippen molar-refractivity contribution in [3.05, 3.63) is 47.4 Å². The number of nitrogens with zero attached hydrogens (tertiary/aromatic N) is 2. The van der Waals surface area contributed by atoms with Crippen molar-refractivity contribution >= 4 is 11.7 Å². The molecule has 2 rings (SSSR count). The number of benzene rings is 1. The Morgan fingerprint density at radius 1 is 1.22 bits per heavy atom. The smallest absolute Gasteiger partial charge is 0.270 e. The van der Waals surface area contributed by atoms with Crippen molar-refractivity contribution in [2.24, 2.45) is 0 Å². The average molecular weight is 314 g/mol. The summed E-state index contributed by atoms with van der Waals surface area (Å²) in [5.74, 6) is 1.78. The predicted octanol–water partition coefficient (Wildman–Crippen LogP) is 2.54. The van der Waals surface area contributed by atoms with E-state index in [1.807, 2.05) is 38.1 Å². The van der Waals surface area contributed by atoms with Crippen LogP contribution in [0.4, 0.5) is 5.82 Å². The molecule has 6 heteroatoms. The van der Waals surface area contributed by atoms with Crippen LogP contribution in [0.3, 0.4) is 0 Å². The van der Waals surface area contributed by atoms with Crippen LogP contribution in [0, 0.1) is 6.92 Å². The fraction of sp³-hybridized carbons (Fsp3) is 0.353. The quantitative estimate of drug-likeness (QED) is 0.857. The van der Waals surface area contributed by atoms with Crippen LogP contribution in [0.25, 0.3) is 0 Å². The van der Waals surface area contributed by atoms with Gasteiger partial charge in [-0.2, -0.15) is 0 Å². The minimum atomic E-state index is -0.224. The second kappa shape index (κ2) is 7.58. The molecule has 0 saturated carbocycles. The van der Waals surface area contributed by atoms with Crippen LogP contribution in [0.2, 0.25) is 0 Å². The number of carbonyl (C=O) groups excluding carboxylic acids is 1. The zero-order valence-corrected chi connectivity index (χ0v) is 13.9. The maximum atomic E-state index is 12.3. The highest BCUT2D eigenvalue weighted by Gasteiger charge is 2.11. The monoisotopic (exact) mass is 314 g/mol. The highest BCUT2D eigenvalue weighted by molar-refractivity contribution is 5.92. The number of anilines is 1. The van der Waals surface area contributed by atoms with E-state index in [0.717, 1.165) is 11.3 Å². The van der Waals surface area contributed by atoms with E-state index in [-0.39, 0.29) is 11.9 Å². The van der Waals surface area contributed by atoms with Crippen molar-refractivity contribution in [1.82, 2.24) is 15.3 Å². The van der Waals surface area contributed by atoms with Crippen molar-refractivity contribution in [2.75, 3.05) is 12.4 Å². The van der Waals surface area contributed by atoms with Gasteiger partial charge in [0, 0.05) is 18.7 Å². The second-order valence-corrected chi connectivity index (χ2v) is 5.52. The summed E-state index contributed by atoms with van der Waals surface area (Å²) in [5.41, 5.74) is 1.35. The Hall–Kier alpha value is -2.63. The van der Waals surface area contributed by atoms with E-state index in [4.69, 9.17) is 4.74 Å². The fourth-order valence-electron chi connectivity index (χ4n) is 2.07. The molecule has 1 amide bonds. The molecule has 6 nitrogen and oxygen atoms in total. The number of aromatic nitrogens is 2. The van der Waals surface area contributed by atoms with Crippen LogP contribution in [-0.4, -0.2) is 29.0 Å². The molecule has 2 aromatic rings. The molecule has 1 aromatic heterocycles. The zero-order valence-electron chi connectivity index (χ0n) is 13.9. The van der Waals surface area contributed by atoms with Crippen molar-refractivity contribution in [3.63, 3.8) is 0 Å². The molecule has 0 aliphatic carbocycles. The molecule has 0 saturated heterocycles. The Kier molecular flexibility index (Phi) is 5.51. The van der Waals surface area contributed by atoms with Crippen LogP contribution in [-0.2, 0) is 6.54 Å². The van der Waals surface area contributed by atoms with E-state index in [9.17, 15) is 4.79 Å². The Morgan fingerprint density at radius 3 is 2.52 bits per heavy atom. The zero-order chi connectivity index (χ0) is 16.8. The van der Waals surface area contributed by atoms with Gasteiger partial charge in [-0.05, 0) is 38.5 Å². The minimum Gasteiger partial charge on any atom is -0.497 e. The molecule has 0 aliphatic rings. The van der Waals surface area contributed by atoms with E-state index >= 15 is 0 Å². The third kappa shape index (κ3) is 4.95. The Labute approximate surface area is 136 Å². The molecule has 0 bridgehead atoms. The van der Waals surface area contributed by atoms with Gasteiger partial charge < -0.3 is 15.4 Å². The largest absolute Gasteiger partial charge is 0.497 e. The summed E-state index contributed by atoms with van der Waals surface area (Å²) in [6.07, 6.45) is 0. The number of hydrogen-bond acceptors (Lipinski definition) is 5. The van der Waals surface area contributed by atoms with Crippen molar-refractivity contribution < 1.29 is 9.53 Å².